The van der Waals surface area contributed by atoms with Crippen LogP contribution >= 0.6 is 11.6 Å². The van der Waals surface area contributed by atoms with E-state index in [1.165, 1.54) is 5.69 Å². The molecular formula is C26H28ClN3O. The van der Waals surface area contributed by atoms with Crippen LogP contribution in [0.5, 0.6) is 0 Å². The van der Waals surface area contributed by atoms with Crippen molar-refractivity contribution in [2.24, 2.45) is 0 Å². The van der Waals surface area contributed by atoms with Crippen LogP contribution in [0.2, 0.25) is 5.02 Å². The lowest BCUT2D eigenvalue weighted by Gasteiger charge is -2.36. The molecule has 0 spiro atoms. The van der Waals surface area contributed by atoms with Crippen molar-refractivity contribution < 1.29 is 4.79 Å². The molecule has 31 heavy (non-hydrogen) atoms. The van der Waals surface area contributed by atoms with Gasteiger partial charge in [0.05, 0.1) is 6.04 Å². The summed E-state index contributed by atoms with van der Waals surface area (Å²) in [5.41, 5.74) is 4.15. The molecule has 5 heteroatoms. The summed E-state index contributed by atoms with van der Waals surface area (Å²) in [6.45, 7) is 6.75. The number of benzene rings is 3. The zero-order valence-corrected chi connectivity index (χ0v) is 18.6. The summed E-state index contributed by atoms with van der Waals surface area (Å²) < 4.78 is 0. The number of carbonyl (C=O) groups excluding carboxylic acids is 1. The molecule has 1 heterocycles. The maximum atomic E-state index is 12.8. The molecule has 1 N–H and O–H groups in total. The SMILES string of the molecule is CC(NC(=O)c1cccc(CN2CCN(c3cccc(Cl)c3)CC2)c1)c1ccccc1. The smallest absolute Gasteiger partial charge is 0.251 e. The van der Waals surface area contributed by atoms with Crippen LogP contribution in [-0.4, -0.2) is 37.0 Å². The van der Waals surface area contributed by atoms with Crippen LogP contribution in [0, 0.1) is 0 Å². The Balaban J connectivity index is 1.33. The highest BCUT2D eigenvalue weighted by atomic mass is 35.5. The molecule has 1 aliphatic heterocycles. The highest BCUT2D eigenvalue weighted by Crippen LogP contribution is 2.21. The van der Waals surface area contributed by atoms with Crippen molar-refractivity contribution in [2.75, 3.05) is 31.1 Å². The van der Waals surface area contributed by atoms with E-state index in [2.05, 4.69) is 27.2 Å². The van der Waals surface area contributed by atoms with Gasteiger partial charge in [-0.2, -0.15) is 0 Å². The van der Waals surface area contributed by atoms with E-state index in [0.717, 1.165) is 48.9 Å². The summed E-state index contributed by atoms with van der Waals surface area (Å²) >= 11 is 6.14. The van der Waals surface area contributed by atoms with Gasteiger partial charge in [-0.15, -0.1) is 0 Å². The summed E-state index contributed by atoms with van der Waals surface area (Å²) in [7, 11) is 0. The first-order valence-corrected chi connectivity index (χ1v) is 11.1. The maximum Gasteiger partial charge on any atom is 0.251 e. The van der Waals surface area contributed by atoms with Gasteiger partial charge in [0.25, 0.3) is 5.91 Å². The Bertz CT molecular complexity index is 1020. The molecule has 1 fully saturated rings. The van der Waals surface area contributed by atoms with Gasteiger partial charge in [0, 0.05) is 49.0 Å². The molecule has 1 unspecified atom stereocenters. The number of hydrogen-bond acceptors (Lipinski definition) is 3. The lowest BCUT2D eigenvalue weighted by atomic mass is 10.1. The molecule has 1 saturated heterocycles. The quantitative estimate of drug-likeness (QED) is 0.583. The zero-order chi connectivity index (χ0) is 21.6. The fraction of sp³-hybridized carbons (Fsp3) is 0.269. The Morgan fingerprint density at radius 2 is 1.68 bits per heavy atom. The summed E-state index contributed by atoms with van der Waals surface area (Å²) in [6, 6.07) is 26.0. The molecule has 3 aromatic rings. The van der Waals surface area contributed by atoms with E-state index >= 15 is 0 Å². The van der Waals surface area contributed by atoms with Crippen LogP contribution in [0.25, 0.3) is 0 Å². The third-order valence-corrected chi connectivity index (χ3v) is 6.02. The van der Waals surface area contributed by atoms with Gasteiger partial charge < -0.3 is 10.2 Å². The molecule has 0 saturated carbocycles. The van der Waals surface area contributed by atoms with Gasteiger partial charge in [-0.3, -0.25) is 9.69 Å². The molecule has 1 aliphatic rings. The maximum absolute atomic E-state index is 12.8. The van der Waals surface area contributed by atoms with E-state index in [4.69, 9.17) is 11.6 Å². The molecular weight excluding hydrogens is 406 g/mol. The van der Waals surface area contributed by atoms with Gasteiger partial charge >= 0.3 is 0 Å². The number of piperazine rings is 1. The lowest BCUT2D eigenvalue weighted by molar-refractivity contribution is 0.0939. The minimum absolute atomic E-state index is 0.0306. The Hall–Kier alpha value is -2.82. The van der Waals surface area contributed by atoms with Crippen molar-refractivity contribution in [3.8, 4) is 0 Å². The molecule has 4 nitrogen and oxygen atoms in total. The second-order valence-corrected chi connectivity index (χ2v) is 8.49. The molecule has 1 amide bonds. The van der Waals surface area contributed by atoms with E-state index in [1.807, 2.05) is 73.7 Å². The third kappa shape index (κ3) is 5.66. The number of halogens is 1. The predicted molar refractivity (Wildman–Crippen MR) is 128 cm³/mol. The Morgan fingerprint density at radius 3 is 2.42 bits per heavy atom. The van der Waals surface area contributed by atoms with Gasteiger partial charge in [-0.25, -0.2) is 0 Å². The van der Waals surface area contributed by atoms with Gasteiger partial charge in [0.2, 0.25) is 0 Å². The van der Waals surface area contributed by atoms with Crippen LogP contribution < -0.4 is 10.2 Å². The topological polar surface area (TPSA) is 35.6 Å². The largest absolute Gasteiger partial charge is 0.369 e. The van der Waals surface area contributed by atoms with Gasteiger partial charge in [-0.1, -0.05) is 60.1 Å². The normalized spacial score (nSPS) is 15.5. The van der Waals surface area contributed by atoms with Crippen LogP contribution in [0.3, 0.4) is 0 Å². The molecule has 160 valence electrons. The van der Waals surface area contributed by atoms with Crippen LogP contribution in [0.4, 0.5) is 5.69 Å². The number of hydrogen-bond donors (Lipinski definition) is 1. The number of anilines is 1. The number of nitrogens with one attached hydrogen (secondary N) is 1. The number of carbonyl (C=O) groups is 1. The fourth-order valence-corrected chi connectivity index (χ4v) is 4.20. The molecule has 3 aromatic carbocycles. The van der Waals surface area contributed by atoms with Crippen LogP contribution in [-0.2, 0) is 6.54 Å². The van der Waals surface area contributed by atoms with E-state index < -0.39 is 0 Å². The first-order chi connectivity index (χ1) is 15.1. The number of amides is 1. The van der Waals surface area contributed by atoms with Gasteiger partial charge in [0.15, 0.2) is 0 Å². The van der Waals surface area contributed by atoms with E-state index in [1.54, 1.807) is 0 Å². The van der Waals surface area contributed by atoms with Crippen molar-refractivity contribution in [1.29, 1.82) is 0 Å². The fourth-order valence-electron chi connectivity index (χ4n) is 4.01. The minimum Gasteiger partial charge on any atom is -0.369 e. The number of nitrogens with zero attached hydrogens (tertiary/aromatic N) is 2. The Kier molecular flexibility index (Phi) is 6.90. The first-order valence-electron chi connectivity index (χ1n) is 10.8. The Morgan fingerprint density at radius 1 is 0.935 bits per heavy atom. The molecule has 0 radical (unpaired) electrons. The minimum atomic E-state index is -0.0380. The van der Waals surface area contributed by atoms with Crippen molar-refractivity contribution >= 4 is 23.2 Å². The average Bonchev–Trinajstić information content (AvgIpc) is 2.80. The van der Waals surface area contributed by atoms with Crippen LogP contribution in [0.15, 0.2) is 78.9 Å². The summed E-state index contributed by atoms with van der Waals surface area (Å²) in [5, 5.41) is 3.88. The van der Waals surface area contributed by atoms with E-state index in [0.29, 0.717) is 5.56 Å². The average molecular weight is 434 g/mol. The van der Waals surface area contributed by atoms with Crippen molar-refractivity contribution in [1.82, 2.24) is 10.2 Å². The first kappa shape index (κ1) is 21.4. The standard InChI is InChI=1S/C26H28ClN3O/c1-20(22-8-3-2-4-9-22)28-26(31)23-10-5-7-21(17-23)19-29-13-15-30(16-14-29)25-12-6-11-24(27)18-25/h2-12,17-18,20H,13-16,19H2,1H3,(H,28,31). The van der Waals surface area contributed by atoms with Gasteiger partial charge in [0.1, 0.15) is 0 Å². The highest BCUT2D eigenvalue weighted by Gasteiger charge is 2.18. The van der Waals surface area contributed by atoms with Crippen molar-refractivity contribution in [3.63, 3.8) is 0 Å². The molecule has 0 aromatic heterocycles. The summed E-state index contributed by atoms with van der Waals surface area (Å²) in [4.78, 5) is 17.6. The number of rotatable bonds is 6. The highest BCUT2D eigenvalue weighted by molar-refractivity contribution is 6.30. The summed E-state index contributed by atoms with van der Waals surface area (Å²) in [5.74, 6) is -0.0380. The van der Waals surface area contributed by atoms with Gasteiger partial charge in [-0.05, 0) is 48.4 Å². The zero-order valence-electron chi connectivity index (χ0n) is 17.8. The molecule has 0 aliphatic carbocycles. The predicted octanol–water partition coefficient (Wildman–Crippen LogP) is 5.15. The van der Waals surface area contributed by atoms with Crippen molar-refractivity contribution in [2.45, 2.75) is 19.5 Å². The molecule has 1 atom stereocenters. The van der Waals surface area contributed by atoms with Crippen molar-refractivity contribution in [3.05, 3.63) is 101 Å². The van der Waals surface area contributed by atoms with E-state index in [-0.39, 0.29) is 11.9 Å². The Labute approximate surface area is 189 Å². The monoisotopic (exact) mass is 433 g/mol. The third-order valence-electron chi connectivity index (χ3n) is 5.79. The van der Waals surface area contributed by atoms with E-state index in [9.17, 15) is 4.79 Å². The lowest BCUT2D eigenvalue weighted by Crippen LogP contribution is -2.46. The van der Waals surface area contributed by atoms with Crippen LogP contribution in [0.1, 0.15) is 34.5 Å². The second-order valence-electron chi connectivity index (χ2n) is 8.05. The molecule has 4 rings (SSSR count). The summed E-state index contributed by atoms with van der Waals surface area (Å²) in [6.07, 6.45) is 0. The molecule has 0 bridgehead atoms. The second kappa shape index (κ2) is 9.99.